The maximum atomic E-state index is 5.57. The molecule has 0 aliphatic rings. The first-order valence-corrected chi connectivity index (χ1v) is 6.82. The molecule has 0 fully saturated rings. The van der Waals surface area contributed by atoms with Crippen molar-refractivity contribution in [3.05, 3.63) is 29.1 Å². The van der Waals surface area contributed by atoms with Crippen LogP contribution in [0.4, 0.5) is 0 Å². The smallest absolute Gasteiger partial charge is 0.135 e. The van der Waals surface area contributed by atoms with Crippen molar-refractivity contribution in [3.63, 3.8) is 0 Å². The summed E-state index contributed by atoms with van der Waals surface area (Å²) in [5.41, 5.74) is 10.4. The zero-order valence-electron chi connectivity index (χ0n) is 12.1. The van der Waals surface area contributed by atoms with E-state index < -0.39 is 0 Å². The molecule has 1 aromatic heterocycles. The minimum absolute atomic E-state index is 0.551. The normalized spacial score (nSPS) is 11.4. The highest BCUT2D eigenvalue weighted by Crippen LogP contribution is 2.21. The van der Waals surface area contributed by atoms with Gasteiger partial charge in [-0.05, 0) is 56.5 Å². The Hall–Kier alpha value is -1.39. The Bertz CT molecular complexity index is 560. The lowest BCUT2D eigenvalue weighted by Gasteiger charge is -2.09. The summed E-state index contributed by atoms with van der Waals surface area (Å²) in [6.45, 7) is 6.51. The number of nitrogens with two attached hydrogens (primary N) is 1. The van der Waals surface area contributed by atoms with E-state index in [4.69, 9.17) is 10.5 Å². The fourth-order valence-corrected chi connectivity index (χ4v) is 2.33. The molecule has 0 saturated carbocycles. The Kier molecular flexibility index (Phi) is 4.56. The van der Waals surface area contributed by atoms with Gasteiger partial charge in [0.25, 0.3) is 0 Å². The van der Waals surface area contributed by atoms with E-state index in [1.807, 2.05) is 0 Å². The minimum atomic E-state index is 0.551. The zero-order valence-corrected chi connectivity index (χ0v) is 12.1. The second kappa shape index (κ2) is 6.17. The van der Waals surface area contributed by atoms with Gasteiger partial charge >= 0.3 is 0 Å². The van der Waals surface area contributed by atoms with Crippen molar-refractivity contribution in [3.8, 4) is 0 Å². The van der Waals surface area contributed by atoms with Gasteiger partial charge in [-0.25, -0.2) is 4.98 Å². The van der Waals surface area contributed by atoms with Crippen molar-refractivity contribution in [2.24, 2.45) is 5.73 Å². The number of aromatic nitrogens is 2. The van der Waals surface area contributed by atoms with Crippen LogP contribution < -0.4 is 5.73 Å². The van der Waals surface area contributed by atoms with Crippen molar-refractivity contribution in [2.75, 3.05) is 13.7 Å². The van der Waals surface area contributed by atoms with E-state index in [0.717, 1.165) is 37.3 Å². The number of nitrogens with zero attached hydrogens (tertiary/aromatic N) is 2. The molecule has 2 rings (SSSR count). The van der Waals surface area contributed by atoms with Crippen LogP contribution in [0.15, 0.2) is 12.1 Å². The molecular weight excluding hydrogens is 238 g/mol. The van der Waals surface area contributed by atoms with Crippen molar-refractivity contribution >= 4 is 11.0 Å². The van der Waals surface area contributed by atoms with Crippen LogP contribution in [0, 0.1) is 13.8 Å². The SMILES string of the molecule is COCc1nc2cc(C)c(C)cc2n1CCCCN. The number of aryl methyl sites for hydroxylation is 3. The summed E-state index contributed by atoms with van der Waals surface area (Å²) < 4.78 is 7.52. The fraction of sp³-hybridized carbons (Fsp3) is 0.533. The number of unbranched alkanes of at least 4 members (excludes halogenated alkanes) is 1. The summed E-state index contributed by atoms with van der Waals surface area (Å²) in [5.74, 6) is 1.000. The average molecular weight is 261 g/mol. The fourth-order valence-electron chi connectivity index (χ4n) is 2.33. The molecule has 0 aliphatic heterocycles. The van der Waals surface area contributed by atoms with Crippen molar-refractivity contribution in [1.82, 2.24) is 9.55 Å². The van der Waals surface area contributed by atoms with Gasteiger partial charge in [0, 0.05) is 13.7 Å². The van der Waals surface area contributed by atoms with Gasteiger partial charge in [-0.2, -0.15) is 0 Å². The molecule has 2 aromatic rings. The second-order valence-electron chi connectivity index (χ2n) is 5.03. The monoisotopic (exact) mass is 261 g/mol. The number of methoxy groups -OCH3 is 1. The molecule has 19 heavy (non-hydrogen) atoms. The van der Waals surface area contributed by atoms with Crippen molar-refractivity contribution in [2.45, 2.75) is 39.8 Å². The quantitative estimate of drug-likeness (QED) is 0.813. The molecule has 0 saturated heterocycles. The van der Waals surface area contributed by atoms with E-state index in [9.17, 15) is 0 Å². The van der Waals surface area contributed by atoms with Crippen molar-refractivity contribution < 1.29 is 4.74 Å². The highest BCUT2D eigenvalue weighted by molar-refractivity contribution is 5.78. The first-order valence-electron chi connectivity index (χ1n) is 6.82. The molecule has 0 atom stereocenters. The Labute approximate surface area is 114 Å². The van der Waals surface area contributed by atoms with Gasteiger partial charge in [0.15, 0.2) is 0 Å². The lowest BCUT2D eigenvalue weighted by Crippen LogP contribution is -2.07. The zero-order chi connectivity index (χ0) is 13.8. The van der Waals surface area contributed by atoms with Crippen LogP contribution >= 0.6 is 0 Å². The Morgan fingerprint density at radius 2 is 1.95 bits per heavy atom. The van der Waals surface area contributed by atoms with Crippen LogP contribution in [0.3, 0.4) is 0 Å². The third kappa shape index (κ3) is 2.96. The van der Waals surface area contributed by atoms with Crippen LogP contribution in [-0.4, -0.2) is 23.2 Å². The van der Waals surface area contributed by atoms with E-state index >= 15 is 0 Å². The molecule has 4 nitrogen and oxygen atoms in total. The van der Waals surface area contributed by atoms with E-state index in [1.165, 1.54) is 16.6 Å². The number of hydrogen-bond acceptors (Lipinski definition) is 3. The highest BCUT2D eigenvalue weighted by Gasteiger charge is 2.11. The van der Waals surface area contributed by atoms with Gasteiger partial charge in [0.2, 0.25) is 0 Å². The van der Waals surface area contributed by atoms with Gasteiger partial charge in [0.1, 0.15) is 12.4 Å². The van der Waals surface area contributed by atoms with Gasteiger partial charge < -0.3 is 15.0 Å². The van der Waals surface area contributed by atoms with Crippen LogP contribution in [0.1, 0.15) is 29.8 Å². The second-order valence-corrected chi connectivity index (χ2v) is 5.03. The molecular formula is C15H23N3O. The molecule has 2 N–H and O–H groups in total. The summed E-state index contributed by atoms with van der Waals surface area (Å²) >= 11 is 0. The number of imidazole rings is 1. The molecule has 0 radical (unpaired) electrons. The Morgan fingerprint density at radius 3 is 2.63 bits per heavy atom. The molecule has 1 heterocycles. The third-order valence-corrected chi connectivity index (χ3v) is 3.55. The van der Waals surface area contributed by atoms with Crippen LogP contribution in [-0.2, 0) is 17.9 Å². The predicted octanol–water partition coefficient (Wildman–Crippen LogP) is 2.54. The number of fused-ring (bicyclic) bond motifs is 1. The summed E-state index contributed by atoms with van der Waals surface area (Å²) in [5, 5.41) is 0. The van der Waals surface area contributed by atoms with Gasteiger partial charge in [-0.15, -0.1) is 0 Å². The summed E-state index contributed by atoms with van der Waals surface area (Å²) in [7, 11) is 1.71. The number of benzene rings is 1. The highest BCUT2D eigenvalue weighted by atomic mass is 16.5. The third-order valence-electron chi connectivity index (χ3n) is 3.55. The van der Waals surface area contributed by atoms with Crippen LogP contribution in [0.5, 0.6) is 0 Å². The molecule has 0 spiro atoms. The van der Waals surface area contributed by atoms with Gasteiger partial charge in [0.05, 0.1) is 11.0 Å². The van der Waals surface area contributed by atoms with E-state index in [0.29, 0.717) is 6.61 Å². The number of rotatable bonds is 6. The molecule has 0 unspecified atom stereocenters. The molecule has 0 aliphatic carbocycles. The maximum absolute atomic E-state index is 5.57. The average Bonchev–Trinajstić information content (AvgIpc) is 2.69. The lowest BCUT2D eigenvalue weighted by atomic mass is 10.1. The molecule has 104 valence electrons. The summed E-state index contributed by atoms with van der Waals surface area (Å²) in [6.07, 6.45) is 2.11. The van der Waals surface area contributed by atoms with E-state index in [1.54, 1.807) is 7.11 Å². The Balaban J connectivity index is 2.43. The van der Waals surface area contributed by atoms with Crippen molar-refractivity contribution in [1.29, 1.82) is 0 Å². The maximum Gasteiger partial charge on any atom is 0.135 e. The number of hydrogen-bond donors (Lipinski definition) is 1. The van der Waals surface area contributed by atoms with Crippen LogP contribution in [0.2, 0.25) is 0 Å². The molecule has 4 heteroatoms. The van der Waals surface area contributed by atoms with E-state index in [-0.39, 0.29) is 0 Å². The Morgan fingerprint density at radius 1 is 1.21 bits per heavy atom. The first-order chi connectivity index (χ1) is 9.17. The summed E-state index contributed by atoms with van der Waals surface area (Å²) in [6, 6.07) is 4.38. The molecule has 0 bridgehead atoms. The van der Waals surface area contributed by atoms with Gasteiger partial charge in [-0.3, -0.25) is 0 Å². The first kappa shape index (κ1) is 14.0. The largest absolute Gasteiger partial charge is 0.377 e. The van der Waals surface area contributed by atoms with Gasteiger partial charge in [-0.1, -0.05) is 0 Å². The topological polar surface area (TPSA) is 53.1 Å². The standard InChI is InChI=1S/C15H23N3O/c1-11-8-13-14(9-12(11)2)18(7-5-4-6-16)15(17-13)10-19-3/h8-9H,4-7,10,16H2,1-3H3. The molecule has 1 aromatic carbocycles. The van der Waals surface area contributed by atoms with E-state index in [2.05, 4.69) is 35.5 Å². The number of ether oxygens (including phenoxy) is 1. The predicted molar refractivity (Wildman–Crippen MR) is 78.2 cm³/mol. The van der Waals surface area contributed by atoms with Crippen LogP contribution in [0.25, 0.3) is 11.0 Å². The summed E-state index contributed by atoms with van der Waals surface area (Å²) in [4.78, 5) is 4.69. The minimum Gasteiger partial charge on any atom is -0.377 e. The lowest BCUT2D eigenvalue weighted by molar-refractivity contribution is 0.174. The molecule has 0 amide bonds.